The van der Waals surface area contributed by atoms with E-state index >= 15 is 0 Å². The molecule has 0 atom stereocenters. The Labute approximate surface area is 186 Å². The third kappa shape index (κ3) is 5.68. The van der Waals surface area contributed by atoms with E-state index in [4.69, 9.17) is 8.92 Å². The Hall–Kier alpha value is -2.16. The number of ether oxygens (including phenoxy) is 1. The van der Waals surface area contributed by atoms with E-state index in [2.05, 4.69) is 36.9 Å². The second kappa shape index (κ2) is 9.56. The molecule has 0 fully saturated rings. The standard InChI is InChI=1S/C21H17Br2NO4S/c1-2-27-18-10-8-17(9-11-18)24-14-15-12-16(22)13-20(23)21(15)28-29(25,26)19-6-4-3-5-7-19/h3-14H,2H2,1H3. The van der Waals surface area contributed by atoms with Crippen molar-refractivity contribution in [3.05, 3.63) is 81.2 Å². The molecule has 0 saturated heterocycles. The predicted molar refractivity (Wildman–Crippen MR) is 121 cm³/mol. The number of hydrogen-bond acceptors (Lipinski definition) is 5. The van der Waals surface area contributed by atoms with Crippen molar-refractivity contribution >= 4 is 53.9 Å². The summed E-state index contributed by atoms with van der Waals surface area (Å²) in [6.45, 7) is 2.51. The summed E-state index contributed by atoms with van der Waals surface area (Å²) in [5.41, 5.74) is 1.20. The molecule has 0 aliphatic carbocycles. The number of rotatable bonds is 7. The van der Waals surface area contributed by atoms with Crippen LogP contribution in [0.25, 0.3) is 0 Å². The maximum atomic E-state index is 12.7. The minimum absolute atomic E-state index is 0.0734. The van der Waals surface area contributed by atoms with Crippen molar-refractivity contribution in [2.45, 2.75) is 11.8 Å². The fraction of sp³-hybridized carbons (Fsp3) is 0.0952. The molecule has 0 heterocycles. The number of halogens is 2. The van der Waals surface area contributed by atoms with E-state index in [-0.39, 0.29) is 10.6 Å². The lowest BCUT2D eigenvalue weighted by molar-refractivity contribution is 0.340. The second-order valence-electron chi connectivity index (χ2n) is 5.84. The molecule has 0 bridgehead atoms. The zero-order valence-corrected chi connectivity index (χ0v) is 19.4. The first-order valence-electron chi connectivity index (χ1n) is 8.64. The fourth-order valence-corrected chi connectivity index (χ4v) is 4.89. The number of benzene rings is 3. The Morgan fingerprint density at radius 3 is 2.34 bits per heavy atom. The maximum absolute atomic E-state index is 12.7. The van der Waals surface area contributed by atoms with Crippen molar-refractivity contribution in [1.82, 2.24) is 0 Å². The van der Waals surface area contributed by atoms with Crippen LogP contribution in [0.5, 0.6) is 11.5 Å². The van der Waals surface area contributed by atoms with Crippen LogP contribution in [0.1, 0.15) is 12.5 Å². The molecule has 0 radical (unpaired) electrons. The molecule has 29 heavy (non-hydrogen) atoms. The van der Waals surface area contributed by atoms with Gasteiger partial charge in [-0.05, 0) is 71.4 Å². The normalized spacial score (nSPS) is 11.6. The van der Waals surface area contributed by atoms with Gasteiger partial charge in [0, 0.05) is 16.3 Å². The van der Waals surface area contributed by atoms with E-state index in [1.54, 1.807) is 36.5 Å². The van der Waals surface area contributed by atoms with Gasteiger partial charge in [-0.2, -0.15) is 8.42 Å². The van der Waals surface area contributed by atoms with E-state index in [0.717, 1.165) is 10.2 Å². The highest BCUT2D eigenvalue weighted by molar-refractivity contribution is 9.11. The summed E-state index contributed by atoms with van der Waals surface area (Å²) in [5.74, 6) is 0.918. The van der Waals surface area contributed by atoms with E-state index in [1.165, 1.54) is 12.1 Å². The van der Waals surface area contributed by atoms with Crippen LogP contribution in [0, 0.1) is 0 Å². The molecule has 0 unspecified atom stereocenters. The van der Waals surface area contributed by atoms with Gasteiger partial charge in [-0.25, -0.2) is 0 Å². The highest BCUT2D eigenvalue weighted by atomic mass is 79.9. The zero-order chi connectivity index (χ0) is 20.9. The molecule has 0 spiro atoms. The Balaban J connectivity index is 1.93. The van der Waals surface area contributed by atoms with Crippen molar-refractivity contribution in [2.24, 2.45) is 4.99 Å². The molecule has 3 rings (SSSR count). The smallest absolute Gasteiger partial charge is 0.339 e. The van der Waals surface area contributed by atoms with E-state index in [0.29, 0.717) is 22.3 Å². The maximum Gasteiger partial charge on any atom is 0.339 e. The van der Waals surface area contributed by atoms with Crippen LogP contribution in [-0.4, -0.2) is 21.2 Å². The molecular formula is C21H17Br2NO4S. The summed E-state index contributed by atoms with van der Waals surface area (Å²) < 4.78 is 37.4. The second-order valence-corrected chi connectivity index (χ2v) is 9.16. The summed E-state index contributed by atoms with van der Waals surface area (Å²) in [6, 6.07) is 18.7. The van der Waals surface area contributed by atoms with Crippen LogP contribution in [0.15, 0.2) is 85.6 Å². The lowest BCUT2D eigenvalue weighted by Gasteiger charge is -2.12. The lowest BCUT2D eigenvalue weighted by Crippen LogP contribution is -2.11. The quantitative estimate of drug-likeness (QED) is 0.268. The Morgan fingerprint density at radius 2 is 1.69 bits per heavy atom. The summed E-state index contributed by atoms with van der Waals surface area (Å²) in [6.07, 6.45) is 1.56. The molecule has 150 valence electrons. The van der Waals surface area contributed by atoms with Crippen molar-refractivity contribution in [1.29, 1.82) is 0 Å². The van der Waals surface area contributed by atoms with Crippen LogP contribution >= 0.6 is 31.9 Å². The molecule has 0 aliphatic heterocycles. The Bertz CT molecular complexity index is 1120. The topological polar surface area (TPSA) is 65.0 Å². The minimum atomic E-state index is -3.99. The van der Waals surface area contributed by atoms with Crippen molar-refractivity contribution in [3.8, 4) is 11.5 Å². The molecule has 0 amide bonds. The molecule has 5 nitrogen and oxygen atoms in total. The first-order chi connectivity index (χ1) is 13.9. The lowest BCUT2D eigenvalue weighted by atomic mass is 10.2. The minimum Gasteiger partial charge on any atom is -0.494 e. The summed E-state index contributed by atoms with van der Waals surface area (Å²) in [7, 11) is -3.99. The summed E-state index contributed by atoms with van der Waals surface area (Å²) in [4.78, 5) is 4.50. The van der Waals surface area contributed by atoms with Gasteiger partial charge in [0.1, 0.15) is 10.6 Å². The summed E-state index contributed by atoms with van der Waals surface area (Å²) >= 11 is 6.79. The highest BCUT2D eigenvalue weighted by Crippen LogP contribution is 2.34. The monoisotopic (exact) mass is 537 g/mol. The van der Waals surface area contributed by atoms with E-state index < -0.39 is 10.1 Å². The van der Waals surface area contributed by atoms with Crippen LogP contribution in [0.3, 0.4) is 0 Å². The molecule has 3 aromatic carbocycles. The Kier molecular flexibility index (Phi) is 7.10. The van der Waals surface area contributed by atoms with Crippen LogP contribution in [-0.2, 0) is 10.1 Å². The van der Waals surface area contributed by atoms with E-state index in [9.17, 15) is 8.42 Å². The van der Waals surface area contributed by atoms with E-state index in [1.807, 2.05) is 31.2 Å². The van der Waals surface area contributed by atoms with Gasteiger partial charge in [-0.15, -0.1) is 0 Å². The zero-order valence-electron chi connectivity index (χ0n) is 15.4. The third-order valence-electron chi connectivity index (χ3n) is 3.76. The third-order valence-corrected chi connectivity index (χ3v) is 6.04. The average Bonchev–Trinajstić information content (AvgIpc) is 2.70. The molecule has 3 aromatic rings. The van der Waals surface area contributed by atoms with Crippen LogP contribution < -0.4 is 8.92 Å². The summed E-state index contributed by atoms with van der Waals surface area (Å²) in [5, 5.41) is 0. The largest absolute Gasteiger partial charge is 0.494 e. The van der Waals surface area contributed by atoms with Gasteiger partial charge < -0.3 is 8.92 Å². The first kappa shape index (κ1) is 21.5. The number of aliphatic imine (C=N–C) groups is 1. The van der Waals surface area contributed by atoms with Gasteiger partial charge in [0.2, 0.25) is 0 Å². The van der Waals surface area contributed by atoms with Crippen molar-refractivity contribution in [2.75, 3.05) is 6.61 Å². The number of hydrogen-bond donors (Lipinski definition) is 0. The van der Waals surface area contributed by atoms with Crippen LogP contribution in [0.4, 0.5) is 5.69 Å². The molecule has 0 N–H and O–H groups in total. The fourth-order valence-electron chi connectivity index (χ4n) is 2.45. The molecular weight excluding hydrogens is 522 g/mol. The molecule has 0 aromatic heterocycles. The molecule has 0 saturated carbocycles. The van der Waals surface area contributed by atoms with Gasteiger partial charge in [0.15, 0.2) is 5.75 Å². The number of nitrogens with zero attached hydrogens (tertiary/aromatic N) is 1. The molecule has 8 heteroatoms. The van der Waals surface area contributed by atoms with Gasteiger partial charge in [0.25, 0.3) is 0 Å². The average molecular weight is 539 g/mol. The Morgan fingerprint density at radius 1 is 1.00 bits per heavy atom. The van der Waals surface area contributed by atoms with Crippen molar-refractivity contribution in [3.63, 3.8) is 0 Å². The first-order valence-corrected chi connectivity index (χ1v) is 11.6. The highest BCUT2D eigenvalue weighted by Gasteiger charge is 2.20. The molecule has 0 aliphatic rings. The van der Waals surface area contributed by atoms with Gasteiger partial charge in [0.05, 0.1) is 16.8 Å². The van der Waals surface area contributed by atoms with Crippen molar-refractivity contribution < 1.29 is 17.3 Å². The predicted octanol–water partition coefficient (Wildman–Crippen LogP) is 6.13. The van der Waals surface area contributed by atoms with Gasteiger partial charge in [-0.1, -0.05) is 34.1 Å². The SMILES string of the molecule is CCOc1ccc(N=Cc2cc(Br)cc(Br)c2OS(=O)(=O)c2ccccc2)cc1. The van der Waals surface area contributed by atoms with Gasteiger partial charge >= 0.3 is 10.1 Å². The van der Waals surface area contributed by atoms with Gasteiger partial charge in [-0.3, -0.25) is 4.99 Å². The van der Waals surface area contributed by atoms with Crippen LogP contribution in [0.2, 0.25) is 0 Å².